The first-order valence-electron chi connectivity index (χ1n) is 10.4. The molecule has 0 spiro atoms. The van der Waals surface area contributed by atoms with Gasteiger partial charge in [0.1, 0.15) is 5.75 Å². The first-order chi connectivity index (χ1) is 14.2. The molecule has 2 aromatic carbocycles. The zero-order valence-electron chi connectivity index (χ0n) is 17.9. The molecule has 3 rings (SSSR count). The van der Waals surface area contributed by atoms with E-state index in [1.807, 2.05) is 25.1 Å². The van der Waals surface area contributed by atoms with E-state index in [1.54, 1.807) is 6.07 Å². The van der Waals surface area contributed by atoms with Crippen molar-refractivity contribution in [2.75, 3.05) is 44.2 Å². The third-order valence-electron chi connectivity index (χ3n) is 5.04. The summed E-state index contributed by atoms with van der Waals surface area (Å²) in [7, 11) is 0. The Balaban J connectivity index is 0.00000320. The summed E-state index contributed by atoms with van der Waals surface area (Å²) in [4.78, 5) is 9.37. The van der Waals surface area contributed by atoms with Crippen LogP contribution in [0.2, 0.25) is 0 Å². The van der Waals surface area contributed by atoms with Crippen LogP contribution >= 0.6 is 24.0 Å². The van der Waals surface area contributed by atoms with E-state index in [0.29, 0.717) is 18.9 Å². The molecule has 0 unspecified atom stereocenters. The molecule has 1 aliphatic heterocycles. The van der Waals surface area contributed by atoms with Crippen LogP contribution in [0.3, 0.4) is 0 Å². The highest BCUT2D eigenvalue weighted by Gasteiger charge is 2.21. The second-order valence-electron chi connectivity index (χ2n) is 7.09. The van der Waals surface area contributed by atoms with Crippen LogP contribution in [0.5, 0.6) is 5.75 Å². The largest absolute Gasteiger partial charge is 0.506 e. The van der Waals surface area contributed by atoms with Gasteiger partial charge >= 0.3 is 0 Å². The van der Waals surface area contributed by atoms with E-state index in [9.17, 15) is 5.11 Å². The third kappa shape index (κ3) is 6.77. The van der Waals surface area contributed by atoms with Gasteiger partial charge in [-0.15, -0.1) is 24.0 Å². The number of piperazine rings is 1. The van der Waals surface area contributed by atoms with Crippen LogP contribution in [0.4, 0.5) is 5.69 Å². The van der Waals surface area contributed by atoms with Gasteiger partial charge in [-0.2, -0.15) is 0 Å². The maximum Gasteiger partial charge on any atom is 0.194 e. The third-order valence-corrected chi connectivity index (χ3v) is 5.04. The van der Waals surface area contributed by atoms with E-state index in [0.717, 1.165) is 51.0 Å². The maximum absolute atomic E-state index is 10.1. The molecule has 0 radical (unpaired) electrons. The Morgan fingerprint density at radius 1 is 1.00 bits per heavy atom. The number of hydrogen-bond acceptors (Lipinski definition) is 4. The molecule has 6 nitrogen and oxygen atoms in total. The van der Waals surface area contributed by atoms with Crippen molar-refractivity contribution in [2.45, 2.75) is 27.0 Å². The minimum absolute atomic E-state index is 0. The minimum atomic E-state index is 0. The van der Waals surface area contributed by atoms with Gasteiger partial charge in [-0.1, -0.05) is 36.4 Å². The molecule has 0 aliphatic carbocycles. The average Bonchev–Trinajstić information content (AvgIpc) is 2.76. The van der Waals surface area contributed by atoms with E-state index in [1.165, 1.54) is 11.1 Å². The number of nitrogens with zero attached hydrogens (tertiary/aromatic N) is 3. The van der Waals surface area contributed by atoms with Crippen LogP contribution in [0.15, 0.2) is 53.5 Å². The number of para-hydroxylation sites is 2. The van der Waals surface area contributed by atoms with Crippen molar-refractivity contribution in [3.05, 3.63) is 59.7 Å². The monoisotopic (exact) mass is 524 g/mol. The Hall–Kier alpha value is -2.00. The number of ether oxygens (including phenoxy) is 1. The molecule has 1 fully saturated rings. The molecule has 2 aromatic rings. The number of hydrogen-bond donors (Lipinski definition) is 2. The summed E-state index contributed by atoms with van der Waals surface area (Å²) in [6.07, 6.45) is 0. The average molecular weight is 524 g/mol. The molecular weight excluding hydrogens is 491 g/mol. The van der Waals surface area contributed by atoms with Crippen LogP contribution < -0.4 is 10.2 Å². The minimum Gasteiger partial charge on any atom is -0.506 e. The van der Waals surface area contributed by atoms with Crippen LogP contribution in [-0.4, -0.2) is 55.3 Å². The first kappa shape index (κ1) is 24.3. The lowest BCUT2D eigenvalue weighted by Crippen LogP contribution is -2.52. The summed E-state index contributed by atoms with van der Waals surface area (Å²) >= 11 is 0. The Kier molecular flexibility index (Phi) is 10.2. The van der Waals surface area contributed by atoms with Crippen LogP contribution in [0.25, 0.3) is 0 Å². The number of guanidine groups is 1. The van der Waals surface area contributed by atoms with Crippen molar-refractivity contribution in [1.29, 1.82) is 0 Å². The molecule has 0 saturated carbocycles. The molecule has 1 aliphatic rings. The number of nitrogens with one attached hydrogen (secondary N) is 1. The van der Waals surface area contributed by atoms with Gasteiger partial charge in [0.15, 0.2) is 5.96 Å². The lowest BCUT2D eigenvalue weighted by Gasteiger charge is -2.37. The van der Waals surface area contributed by atoms with Crippen molar-refractivity contribution in [2.24, 2.45) is 4.99 Å². The highest BCUT2D eigenvalue weighted by molar-refractivity contribution is 14.0. The van der Waals surface area contributed by atoms with E-state index in [2.05, 4.69) is 46.3 Å². The van der Waals surface area contributed by atoms with E-state index in [-0.39, 0.29) is 24.0 Å². The highest BCUT2D eigenvalue weighted by Crippen LogP contribution is 2.27. The van der Waals surface area contributed by atoms with Gasteiger partial charge in [0, 0.05) is 39.3 Å². The number of rotatable bonds is 7. The summed E-state index contributed by atoms with van der Waals surface area (Å²) in [6.45, 7) is 10.4. The predicted octanol–water partition coefficient (Wildman–Crippen LogP) is 3.83. The molecule has 7 heteroatoms. The van der Waals surface area contributed by atoms with Gasteiger partial charge < -0.3 is 25.0 Å². The van der Waals surface area contributed by atoms with Crippen molar-refractivity contribution in [3.63, 3.8) is 0 Å². The Morgan fingerprint density at radius 3 is 2.30 bits per heavy atom. The zero-order chi connectivity index (χ0) is 20.5. The van der Waals surface area contributed by atoms with Crippen LogP contribution in [0, 0.1) is 0 Å². The molecule has 0 bridgehead atoms. The van der Waals surface area contributed by atoms with Gasteiger partial charge in [0.2, 0.25) is 0 Å². The van der Waals surface area contributed by atoms with E-state index < -0.39 is 0 Å². The molecule has 164 valence electrons. The smallest absolute Gasteiger partial charge is 0.194 e. The topological polar surface area (TPSA) is 60.3 Å². The van der Waals surface area contributed by atoms with Gasteiger partial charge in [-0.3, -0.25) is 0 Å². The Labute approximate surface area is 197 Å². The summed E-state index contributed by atoms with van der Waals surface area (Å²) in [5.74, 6) is 1.29. The highest BCUT2D eigenvalue weighted by atomic mass is 127. The Bertz CT molecular complexity index is 790. The Morgan fingerprint density at radius 2 is 1.67 bits per heavy atom. The number of anilines is 1. The summed E-state index contributed by atoms with van der Waals surface area (Å²) in [5, 5.41) is 13.5. The van der Waals surface area contributed by atoms with Crippen LogP contribution in [0.1, 0.15) is 25.0 Å². The SMILES string of the molecule is CCNC(=NCc1ccc(COCC)cc1)N1CCN(c2ccccc2O)CC1.I. The quantitative estimate of drug-likeness (QED) is 0.328. The van der Waals surface area contributed by atoms with Crippen molar-refractivity contribution in [3.8, 4) is 5.75 Å². The fourth-order valence-corrected chi connectivity index (χ4v) is 3.44. The van der Waals surface area contributed by atoms with Gasteiger partial charge in [-0.25, -0.2) is 4.99 Å². The molecule has 2 N–H and O–H groups in total. The van der Waals surface area contributed by atoms with Gasteiger partial charge in [0.25, 0.3) is 0 Å². The fraction of sp³-hybridized carbons (Fsp3) is 0.435. The van der Waals surface area contributed by atoms with Gasteiger partial charge in [0.05, 0.1) is 18.8 Å². The van der Waals surface area contributed by atoms with E-state index >= 15 is 0 Å². The van der Waals surface area contributed by atoms with Crippen molar-refractivity contribution in [1.82, 2.24) is 10.2 Å². The number of benzene rings is 2. The molecule has 0 aromatic heterocycles. The first-order valence-corrected chi connectivity index (χ1v) is 10.4. The number of aromatic hydroxyl groups is 1. The summed E-state index contributed by atoms with van der Waals surface area (Å²) < 4.78 is 5.45. The number of aliphatic imine (C=N–C) groups is 1. The lowest BCUT2D eigenvalue weighted by molar-refractivity contribution is 0.134. The summed E-state index contributed by atoms with van der Waals surface area (Å²) in [6, 6.07) is 16.0. The zero-order valence-corrected chi connectivity index (χ0v) is 20.2. The normalized spacial score (nSPS) is 14.4. The second kappa shape index (κ2) is 12.6. The lowest BCUT2D eigenvalue weighted by atomic mass is 10.1. The molecule has 1 saturated heterocycles. The van der Waals surface area contributed by atoms with Crippen molar-refractivity contribution < 1.29 is 9.84 Å². The molecule has 0 atom stereocenters. The molecule has 30 heavy (non-hydrogen) atoms. The number of phenols is 1. The second-order valence-corrected chi connectivity index (χ2v) is 7.09. The fourth-order valence-electron chi connectivity index (χ4n) is 3.44. The van der Waals surface area contributed by atoms with E-state index in [4.69, 9.17) is 9.73 Å². The van der Waals surface area contributed by atoms with Crippen molar-refractivity contribution >= 4 is 35.6 Å². The molecule has 1 heterocycles. The summed E-state index contributed by atoms with van der Waals surface area (Å²) in [5.41, 5.74) is 3.28. The number of halogens is 1. The molecule has 0 amide bonds. The maximum atomic E-state index is 10.1. The van der Waals surface area contributed by atoms with Crippen LogP contribution in [-0.2, 0) is 17.9 Å². The predicted molar refractivity (Wildman–Crippen MR) is 134 cm³/mol. The standard InChI is InChI=1S/C23H32N4O2.HI/c1-3-24-23(25-17-19-9-11-20(12-10-19)18-29-4-2)27-15-13-26(14-16-27)21-7-5-6-8-22(21)28;/h5-12,28H,3-4,13-18H2,1-2H3,(H,24,25);1H. The number of phenolic OH excluding ortho intramolecular Hbond substituents is 1. The van der Waals surface area contributed by atoms with Gasteiger partial charge in [-0.05, 0) is 37.1 Å². The molecular formula is C23H33IN4O2.